The Hall–Kier alpha value is -0.340. The summed E-state index contributed by atoms with van der Waals surface area (Å²) >= 11 is 0. The van der Waals surface area contributed by atoms with E-state index in [1.807, 2.05) is 0 Å². The van der Waals surface area contributed by atoms with E-state index in [1.165, 1.54) is 19.3 Å². The van der Waals surface area contributed by atoms with Gasteiger partial charge in [0.1, 0.15) is 0 Å². The largest absolute Gasteiger partial charge is 0.396 e. The van der Waals surface area contributed by atoms with Gasteiger partial charge in [0, 0.05) is 13.2 Å². The molecule has 1 N–H and O–H groups in total. The van der Waals surface area contributed by atoms with Crippen molar-refractivity contribution < 1.29 is 9.84 Å². The number of hydrogen-bond acceptors (Lipinski definition) is 2. The minimum absolute atomic E-state index is 0.336. The van der Waals surface area contributed by atoms with E-state index in [9.17, 15) is 0 Å². The molecule has 0 amide bonds. The van der Waals surface area contributed by atoms with E-state index in [-0.39, 0.29) is 0 Å². The van der Waals surface area contributed by atoms with Crippen molar-refractivity contribution in [1.82, 2.24) is 0 Å². The van der Waals surface area contributed by atoms with Gasteiger partial charge in [-0.3, -0.25) is 0 Å². The summed E-state index contributed by atoms with van der Waals surface area (Å²) in [5.74, 6) is 0. The molecule has 0 saturated carbocycles. The van der Waals surface area contributed by atoms with Crippen LogP contribution < -0.4 is 0 Å². The quantitative estimate of drug-likeness (QED) is 0.419. The third-order valence-electron chi connectivity index (χ3n) is 1.93. The van der Waals surface area contributed by atoms with Crippen LogP contribution in [0, 0.1) is 0 Å². The lowest BCUT2D eigenvalue weighted by Gasteiger charge is -2.01. The molecule has 13 heavy (non-hydrogen) atoms. The van der Waals surface area contributed by atoms with Crippen molar-refractivity contribution in [3.63, 3.8) is 0 Å². The maximum absolute atomic E-state index is 8.54. The maximum atomic E-state index is 8.54. The highest BCUT2D eigenvalue weighted by Crippen LogP contribution is 2.04. The fourth-order valence-electron chi connectivity index (χ4n) is 1.19. The first-order valence-electron chi connectivity index (χ1n) is 5.21. The molecule has 0 fully saturated rings. The summed E-state index contributed by atoms with van der Waals surface area (Å²) in [6, 6.07) is 0. The average molecular weight is 186 g/mol. The fraction of sp³-hybridized carbons (Fsp3) is 0.818. The number of aliphatic hydroxyl groups excluding tert-OH is 1. The smallest absolute Gasteiger partial charge is 0.0644 e. The van der Waals surface area contributed by atoms with E-state index >= 15 is 0 Å². The first-order chi connectivity index (χ1) is 6.41. The topological polar surface area (TPSA) is 29.5 Å². The molecule has 0 atom stereocenters. The van der Waals surface area contributed by atoms with Gasteiger partial charge >= 0.3 is 0 Å². The summed E-state index contributed by atoms with van der Waals surface area (Å²) in [5.41, 5.74) is 0. The van der Waals surface area contributed by atoms with Gasteiger partial charge in [-0.2, -0.15) is 0 Å². The van der Waals surface area contributed by atoms with Crippen molar-refractivity contribution >= 4 is 0 Å². The Balaban J connectivity index is 2.79. The molecule has 78 valence electrons. The standard InChI is InChI=1S/C11H22O2/c1-2-10-13-11-8-6-4-3-5-7-9-12/h2,12H,1,3-11H2. The molecule has 0 aliphatic carbocycles. The molecule has 0 rings (SSSR count). The van der Waals surface area contributed by atoms with Crippen LogP contribution in [-0.2, 0) is 4.74 Å². The zero-order valence-electron chi connectivity index (χ0n) is 8.50. The Morgan fingerprint density at radius 1 is 1.00 bits per heavy atom. The van der Waals surface area contributed by atoms with Gasteiger partial charge in [0.25, 0.3) is 0 Å². The zero-order chi connectivity index (χ0) is 9.78. The molecule has 0 aromatic rings. The second-order valence-electron chi connectivity index (χ2n) is 3.21. The van der Waals surface area contributed by atoms with Crippen LogP contribution in [0.2, 0.25) is 0 Å². The van der Waals surface area contributed by atoms with E-state index in [4.69, 9.17) is 9.84 Å². The monoisotopic (exact) mass is 186 g/mol. The van der Waals surface area contributed by atoms with Gasteiger partial charge in [0.05, 0.1) is 6.61 Å². The first kappa shape index (κ1) is 12.7. The van der Waals surface area contributed by atoms with E-state index in [1.54, 1.807) is 6.08 Å². The van der Waals surface area contributed by atoms with Crippen LogP contribution in [0.1, 0.15) is 38.5 Å². The normalized spacial score (nSPS) is 10.2. The second kappa shape index (κ2) is 11.7. The highest BCUT2D eigenvalue weighted by Gasteiger charge is 1.90. The molecule has 0 spiro atoms. The Morgan fingerprint density at radius 3 is 2.23 bits per heavy atom. The van der Waals surface area contributed by atoms with Crippen molar-refractivity contribution in [3.05, 3.63) is 12.7 Å². The van der Waals surface area contributed by atoms with Gasteiger partial charge < -0.3 is 9.84 Å². The average Bonchev–Trinajstić information content (AvgIpc) is 2.16. The third-order valence-corrected chi connectivity index (χ3v) is 1.93. The molecule has 0 aromatic heterocycles. The molecule has 0 unspecified atom stereocenters. The van der Waals surface area contributed by atoms with Gasteiger partial charge in [-0.1, -0.05) is 31.8 Å². The molecule has 2 heteroatoms. The van der Waals surface area contributed by atoms with Crippen molar-refractivity contribution in [2.75, 3.05) is 19.8 Å². The summed E-state index contributed by atoms with van der Waals surface area (Å²) in [5, 5.41) is 8.54. The predicted octanol–water partition coefficient (Wildman–Crippen LogP) is 2.52. The molecule has 0 aliphatic rings. The summed E-state index contributed by atoms with van der Waals surface area (Å²) in [6.45, 7) is 5.44. The van der Waals surface area contributed by atoms with Crippen molar-refractivity contribution in [2.24, 2.45) is 0 Å². The minimum Gasteiger partial charge on any atom is -0.396 e. The molecule has 0 saturated heterocycles. The summed E-state index contributed by atoms with van der Waals surface area (Å²) in [4.78, 5) is 0. The highest BCUT2D eigenvalue weighted by molar-refractivity contribution is 4.63. The number of ether oxygens (including phenoxy) is 1. The summed E-state index contributed by atoms with van der Waals surface area (Å²) < 4.78 is 5.25. The third kappa shape index (κ3) is 11.7. The van der Waals surface area contributed by atoms with Gasteiger partial charge in [-0.05, 0) is 12.8 Å². The van der Waals surface area contributed by atoms with Crippen LogP contribution in [-0.4, -0.2) is 24.9 Å². The Morgan fingerprint density at radius 2 is 1.62 bits per heavy atom. The van der Waals surface area contributed by atoms with Gasteiger partial charge in [-0.15, -0.1) is 6.58 Å². The van der Waals surface area contributed by atoms with Crippen LogP contribution in [0.15, 0.2) is 12.7 Å². The SMILES string of the molecule is C=CCOCCCCCCCCO. The molecule has 0 aromatic carbocycles. The van der Waals surface area contributed by atoms with Gasteiger partial charge in [0.2, 0.25) is 0 Å². The maximum Gasteiger partial charge on any atom is 0.0644 e. The molecule has 0 heterocycles. The lowest BCUT2D eigenvalue weighted by atomic mass is 10.1. The van der Waals surface area contributed by atoms with Crippen molar-refractivity contribution in [1.29, 1.82) is 0 Å². The molecule has 0 bridgehead atoms. The lowest BCUT2D eigenvalue weighted by molar-refractivity contribution is 0.157. The molecule has 0 aliphatic heterocycles. The first-order valence-corrected chi connectivity index (χ1v) is 5.21. The van der Waals surface area contributed by atoms with E-state index < -0.39 is 0 Å². The summed E-state index contributed by atoms with van der Waals surface area (Å²) in [6.07, 6.45) is 8.77. The number of hydrogen-bond donors (Lipinski definition) is 1. The summed E-state index contributed by atoms with van der Waals surface area (Å²) in [7, 11) is 0. The van der Waals surface area contributed by atoms with Gasteiger partial charge in [-0.25, -0.2) is 0 Å². The Labute approximate surface area is 81.6 Å². The predicted molar refractivity (Wildman–Crippen MR) is 55.8 cm³/mol. The van der Waals surface area contributed by atoms with E-state index in [0.29, 0.717) is 13.2 Å². The van der Waals surface area contributed by atoms with Crippen LogP contribution in [0.25, 0.3) is 0 Å². The second-order valence-corrected chi connectivity index (χ2v) is 3.21. The van der Waals surface area contributed by atoms with E-state index in [2.05, 4.69) is 6.58 Å². The van der Waals surface area contributed by atoms with E-state index in [0.717, 1.165) is 25.9 Å². The van der Waals surface area contributed by atoms with Gasteiger partial charge in [0.15, 0.2) is 0 Å². The molecular formula is C11H22O2. The highest BCUT2D eigenvalue weighted by atomic mass is 16.5. The number of aliphatic hydroxyl groups is 1. The molecular weight excluding hydrogens is 164 g/mol. The molecule has 0 radical (unpaired) electrons. The number of unbranched alkanes of at least 4 members (excludes halogenated alkanes) is 5. The van der Waals surface area contributed by atoms with Crippen LogP contribution in [0.5, 0.6) is 0 Å². The van der Waals surface area contributed by atoms with Crippen LogP contribution >= 0.6 is 0 Å². The van der Waals surface area contributed by atoms with Crippen molar-refractivity contribution in [2.45, 2.75) is 38.5 Å². The Bertz CT molecular complexity index is 102. The van der Waals surface area contributed by atoms with Crippen molar-refractivity contribution in [3.8, 4) is 0 Å². The number of rotatable bonds is 10. The van der Waals surface area contributed by atoms with Crippen LogP contribution in [0.3, 0.4) is 0 Å². The minimum atomic E-state index is 0.336. The molecule has 2 nitrogen and oxygen atoms in total. The zero-order valence-corrected chi connectivity index (χ0v) is 8.50. The Kier molecular flexibility index (Phi) is 11.4. The fourth-order valence-corrected chi connectivity index (χ4v) is 1.19. The van der Waals surface area contributed by atoms with Crippen LogP contribution in [0.4, 0.5) is 0 Å². The lowest BCUT2D eigenvalue weighted by Crippen LogP contribution is -1.93.